The lowest BCUT2D eigenvalue weighted by Gasteiger charge is -2.22. The van der Waals surface area contributed by atoms with Crippen LogP contribution in [0.4, 0.5) is 0 Å². The Morgan fingerprint density at radius 3 is 2.50 bits per heavy atom. The topological polar surface area (TPSA) is 104 Å². The molecule has 0 bridgehead atoms. The molecule has 0 fully saturated rings. The highest BCUT2D eigenvalue weighted by molar-refractivity contribution is 5.98. The van der Waals surface area contributed by atoms with E-state index in [1.54, 1.807) is 27.7 Å². The summed E-state index contributed by atoms with van der Waals surface area (Å²) < 4.78 is 16.5. The zero-order valence-corrected chi connectivity index (χ0v) is 20.7. The van der Waals surface area contributed by atoms with Crippen molar-refractivity contribution in [3.05, 3.63) is 52.8 Å². The van der Waals surface area contributed by atoms with E-state index in [1.807, 2.05) is 32.0 Å². The van der Waals surface area contributed by atoms with Crippen LogP contribution < -0.4 is 14.8 Å². The number of esters is 2. The number of ether oxygens (including phenoxy) is 3. The zero-order chi connectivity index (χ0) is 25.2. The van der Waals surface area contributed by atoms with Crippen LogP contribution in [-0.4, -0.2) is 42.1 Å². The van der Waals surface area contributed by atoms with Crippen LogP contribution in [0.2, 0.25) is 0 Å². The van der Waals surface area contributed by atoms with Crippen molar-refractivity contribution in [2.24, 2.45) is 5.41 Å². The maximum Gasteiger partial charge on any atom is 0.328 e. The Hall–Kier alpha value is -3.42. The number of hydrogen-bond acceptors (Lipinski definition) is 7. The van der Waals surface area contributed by atoms with Gasteiger partial charge in [0.25, 0.3) is 5.91 Å². The highest BCUT2D eigenvalue weighted by Crippen LogP contribution is 2.37. The first kappa shape index (κ1) is 25.2. The molecule has 8 heteroatoms. The summed E-state index contributed by atoms with van der Waals surface area (Å²) >= 11 is 0. The fourth-order valence-electron chi connectivity index (χ4n) is 3.97. The Morgan fingerprint density at radius 1 is 1.18 bits per heavy atom. The first-order chi connectivity index (χ1) is 15.9. The molecule has 1 aliphatic carbocycles. The van der Waals surface area contributed by atoms with Crippen molar-refractivity contribution in [1.82, 2.24) is 10.3 Å². The van der Waals surface area contributed by atoms with Crippen molar-refractivity contribution in [1.29, 1.82) is 0 Å². The molecule has 1 N–H and O–H groups in total. The number of hydrogen-bond donors (Lipinski definition) is 1. The summed E-state index contributed by atoms with van der Waals surface area (Å²) in [6, 6.07) is 6.64. The molecular weight excluding hydrogens is 436 g/mol. The third kappa shape index (κ3) is 5.21. The fraction of sp³-hybridized carbons (Fsp3) is 0.462. The lowest BCUT2D eigenvalue weighted by atomic mass is 9.97. The maximum atomic E-state index is 13.0. The number of aryl methyl sites for hydroxylation is 1. The van der Waals surface area contributed by atoms with Crippen LogP contribution in [0.15, 0.2) is 30.5 Å². The third-order valence-corrected chi connectivity index (χ3v) is 5.93. The minimum absolute atomic E-state index is 0.0616. The maximum absolute atomic E-state index is 13.0. The summed E-state index contributed by atoms with van der Waals surface area (Å²) in [7, 11) is 1.40. The quantitative estimate of drug-likeness (QED) is 0.644. The lowest BCUT2D eigenvalue weighted by molar-refractivity contribution is -0.151. The third-order valence-electron chi connectivity index (χ3n) is 5.93. The second kappa shape index (κ2) is 9.83. The van der Waals surface area contributed by atoms with Crippen LogP contribution in [0.5, 0.6) is 11.5 Å². The summed E-state index contributed by atoms with van der Waals surface area (Å²) in [5, 5.41) is 2.60. The van der Waals surface area contributed by atoms with Gasteiger partial charge in [-0.1, -0.05) is 25.1 Å². The fourth-order valence-corrected chi connectivity index (χ4v) is 3.97. The van der Waals surface area contributed by atoms with Crippen LogP contribution in [0.3, 0.4) is 0 Å². The van der Waals surface area contributed by atoms with Gasteiger partial charge >= 0.3 is 11.9 Å². The van der Waals surface area contributed by atoms with E-state index in [0.29, 0.717) is 6.42 Å². The minimum atomic E-state index is -0.941. The Labute approximate surface area is 200 Å². The van der Waals surface area contributed by atoms with Crippen LogP contribution in [-0.2, 0) is 20.7 Å². The van der Waals surface area contributed by atoms with Gasteiger partial charge in [-0.2, -0.15) is 0 Å². The molecule has 2 unspecified atom stereocenters. The average Bonchev–Trinajstić information content (AvgIpc) is 3.09. The van der Waals surface area contributed by atoms with E-state index in [-0.39, 0.29) is 29.2 Å². The first-order valence-electron chi connectivity index (χ1n) is 11.3. The Kier molecular flexibility index (Phi) is 7.29. The van der Waals surface area contributed by atoms with Gasteiger partial charge in [0.1, 0.15) is 12.1 Å². The molecule has 182 valence electrons. The number of fused-ring (bicyclic) bond motifs is 1. The van der Waals surface area contributed by atoms with E-state index in [2.05, 4.69) is 10.3 Å². The Balaban J connectivity index is 1.72. The van der Waals surface area contributed by atoms with Gasteiger partial charge < -0.3 is 19.5 Å². The smallest absolute Gasteiger partial charge is 0.328 e. The Bertz CT molecular complexity index is 1100. The monoisotopic (exact) mass is 468 g/mol. The molecule has 34 heavy (non-hydrogen) atoms. The van der Waals surface area contributed by atoms with Gasteiger partial charge in [0, 0.05) is 24.6 Å². The SMILES string of the molecule is COc1ccnc(C(=O)N[C@@H](C)C(=O)OC2Cc3cccc(C)c3C2C)c1OC(=O)C(C)(C)C. The molecule has 0 saturated carbocycles. The molecule has 0 spiro atoms. The van der Waals surface area contributed by atoms with Crippen molar-refractivity contribution in [3.8, 4) is 11.5 Å². The molecule has 0 radical (unpaired) electrons. The van der Waals surface area contributed by atoms with E-state index < -0.39 is 29.3 Å². The highest BCUT2D eigenvalue weighted by atomic mass is 16.6. The number of amides is 1. The average molecular weight is 469 g/mol. The van der Waals surface area contributed by atoms with E-state index in [9.17, 15) is 14.4 Å². The summed E-state index contributed by atoms with van der Waals surface area (Å²) in [6.07, 6.45) is 1.70. The predicted molar refractivity (Wildman–Crippen MR) is 126 cm³/mol. The van der Waals surface area contributed by atoms with E-state index >= 15 is 0 Å². The molecular formula is C26H32N2O6. The van der Waals surface area contributed by atoms with E-state index in [1.165, 1.54) is 36.1 Å². The summed E-state index contributed by atoms with van der Waals surface area (Å²) in [5.74, 6) is -1.64. The van der Waals surface area contributed by atoms with Gasteiger partial charge in [0.15, 0.2) is 11.4 Å². The van der Waals surface area contributed by atoms with Crippen LogP contribution in [0.1, 0.15) is 67.7 Å². The van der Waals surface area contributed by atoms with Gasteiger partial charge in [-0.05, 0) is 51.3 Å². The number of carbonyl (C=O) groups excluding carboxylic acids is 3. The van der Waals surface area contributed by atoms with Gasteiger partial charge in [0.2, 0.25) is 5.75 Å². The van der Waals surface area contributed by atoms with E-state index in [4.69, 9.17) is 14.2 Å². The van der Waals surface area contributed by atoms with Gasteiger partial charge in [-0.15, -0.1) is 0 Å². The second-order valence-corrected chi connectivity index (χ2v) is 9.64. The summed E-state index contributed by atoms with van der Waals surface area (Å²) in [6.45, 7) is 10.7. The van der Waals surface area contributed by atoms with Crippen molar-refractivity contribution in [3.63, 3.8) is 0 Å². The predicted octanol–water partition coefficient (Wildman–Crippen LogP) is 3.74. The van der Waals surface area contributed by atoms with Gasteiger partial charge in [-0.25, -0.2) is 9.78 Å². The van der Waals surface area contributed by atoms with Crippen LogP contribution in [0.25, 0.3) is 0 Å². The normalized spacial score (nSPS) is 18.0. The number of methoxy groups -OCH3 is 1. The molecule has 3 atom stereocenters. The molecule has 1 amide bonds. The molecule has 0 saturated heterocycles. The number of aromatic nitrogens is 1. The number of rotatable bonds is 6. The van der Waals surface area contributed by atoms with Crippen LogP contribution in [0, 0.1) is 12.3 Å². The van der Waals surface area contributed by atoms with E-state index in [0.717, 1.165) is 0 Å². The molecule has 1 heterocycles. The molecule has 3 rings (SSSR count). The second-order valence-electron chi connectivity index (χ2n) is 9.64. The van der Waals surface area contributed by atoms with Gasteiger partial charge in [0.05, 0.1) is 12.5 Å². The molecule has 8 nitrogen and oxygen atoms in total. The minimum Gasteiger partial charge on any atom is -0.493 e. The number of carbonyl (C=O) groups is 3. The zero-order valence-electron chi connectivity index (χ0n) is 20.7. The van der Waals surface area contributed by atoms with Crippen molar-refractivity contribution in [2.75, 3.05) is 7.11 Å². The van der Waals surface area contributed by atoms with Crippen molar-refractivity contribution < 1.29 is 28.6 Å². The first-order valence-corrected chi connectivity index (χ1v) is 11.3. The molecule has 2 aromatic rings. The lowest BCUT2D eigenvalue weighted by Crippen LogP contribution is -2.42. The Morgan fingerprint density at radius 2 is 1.88 bits per heavy atom. The number of nitrogens with zero attached hydrogens (tertiary/aromatic N) is 1. The molecule has 1 aromatic carbocycles. The van der Waals surface area contributed by atoms with Crippen LogP contribution >= 0.6 is 0 Å². The van der Waals surface area contributed by atoms with Crippen molar-refractivity contribution >= 4 is 17.8 Å². The molecule has 1 aromatic heterocycles. The molecule has 1 aliphatic rings. The number of pyridine rings is 1. The van der Waals surface area contributed by atoms with Crippen molar-refractivity contribution in [2.45, 2.75) is 66.0 Å². The largest absolute Gasteiger partial charge is 0.493 e. The summed E-state index contributed by atoms with van der Waals surface area (Å²) in [5.41, 5.74) is 2.59. The highest BCUT2D eigenvalue weighted by Gasteiger charge is 2.35. The van der Waals surface area contributed by atoms with Gasteiger partial charge in [-0.3, -0.25) is 9.59 Å². The summed E-state index contributed by atoms with van der Waals surface area (Å²) in [4.78, 5) is 42.3. The number of nitrogens with one attached hydrogen (secondary N) is 1. The standard InChI is InChI=1S/C26H32N2O6/c1-14-9-8-10-17-13-19(15(2)20(14)17)33-24(30)16(3)28-23(29)21-22(18(32-7)11-12-27-21)34-25(31)26(4,5)6/h8-12,15-16,19H,13H2,1-7H3,(H,28,29)/t15?,16-,19?/m0/s1. The molecule has 0 aliphatic heterocycles. The number of benzene rings is 1.